The van der Waals surface area contributed by atoms with Crippen LogP contribution in [-0.2, 0) is 0 Å². The fraction of sp³-hybridized carbons (Fsp3) is 0.636. The summed E-state index contributed by atoms with van der Waals surface area (Å²) in [7, 11) is 0. The van der Waals surface area contributed by atoms with Gasteiger partial charge in [-0.05, 0) is 19.4 Å². The molecule has 3 N–H and O–H groups in total. The number of nitrogens with zero attached hydrogens (tertiary/aromatic N) is 1. The van der Waals surface area contributed by atoms with Gasteiger partial charge in [0.1, 0.15) is 17.5 Å². The van der Waals surface area contributed by atoms with E-state index in [-0.39, 0.29) is 11.7 Å². The summed E-state index contributed by atoms with van der Waals surface area (Å²) in [5, 5.41) is 19.0. The lowest BCUT2D eigenvalue weighted by Gasteiger charge is -2.32. The Morgan fingerprint density at radius 1 is 1.50 bits per heavy atom. The molecule has 0 spiro atoms. The molecular weight excluding hydrogens is 207 g/mol. The number of allylic oxidation sites excluding steroid dienone is 1. The van der Waals surface area contributed by atoms with Crippen LogP contribution in [0.3, 0.4) is 0 Å². The quantitative estimate of drug-likeness (QED) is 0.470. The van der Waals surface area contributed by atoms with Crippen LogP contribution in [0.25, 0.3) is 0 Å². The minimum atomic E-state index is -0.232. The third-order valence-electron chi connectivity index (χ3n) is 3.10. The van der Waals surface area contributed by atoms with Crippen LogP contribution in [0.5, 0.6) is 0 Å². The highest BCUT2D eigenvalue weighted by Crippen LogP contribution is 2.21. The number of amidine groups is 2. The Labute approximate surface area is 94.5 Å². The Bertz CT molecular complexity index is 331. The van der Waals surface area contributed by atoms with Crippen molar-refractivity contribution in [1.82, 2.24) is 10.2 Å². The van der Waals surface area contributed by atoms with E-state index in [0.717, 1.165) is 25.9 Å². The molecule has 1 fully saturated rings. The first-order valence-electron chi connectivity index (χ1n) is 5.70. The molecule has 0 aromatic carbocycles. The SMILES string of the molecule is N=C1CCC(F)=CN1C(=N)C1CCCNC1. The van der Waals surface area contributed by atoms with Crippen LogP contribution in [-0.4, -0.2) is 29.7 Å². The van der Waals surface area contributed by atoms with E-state index in [2.05, 4.69) is 5.32 Å². The first-order chi connectivity index (χ1) is 7.68. The number of hydrogen-bond donors (Lipinski definition) is 3. The van der Waals surface area contributed by atoms with Crippen molar-refractivity contribution >= 4 is 11.7 Å². The molecule has 0 aromatic rings. The fourth-order valence-corrected chi connectivity index (χ4v) is 2.14. The van der Waals surface area contributed by atoms with Crippen molar-refractivity contribution in [1.29, 1.82) is 10.8 Å². The molecule has 1 unspecified atom stereocenters. The molecule has 5 heteroatoms. The van der Waals surface area contributed by atoms with Crippen molar-refractivity contribution in [3.8, 4) is 0 Å². The number of hydrogen-bond acceptors (Lipinski definition) is 3. The van der Waals surface area contributed by atoms with Crippen LogP contribution < -0.4 is 5.32 Å². The van der Waals surface area contributed by atoms with Crippen LogP contribution in [0.1, 0.15) is 25.7 Å². The zero-order valence-corrected chi connectivity index (χ0v) is 9.22. The van der Waals surface area contributed by atoms with E-state index in [0.29, 0.717) is 24.5 Å². The maximum atomic E-state index is 13.1. The molecule has 1 atom stereocenters. The average Bonchev–Trinajstić information content (AvgIpc) is 2.32. The molecular formula is C11H17FN4. The standard InChI is InChI=1S/C11H17FN4/c12-9-3-4-10(13)16(7-9)11(14)8-2-1-5-15-6-8/h7-8,13-15H,1-6H2. The Morgan fingerprint density at radius 3 is 3.00 bits per heavy atom. The second kappa shape index (κ2) is 4.74. The maximum Gasteiger partial charge on any atom is 0.117 e. The van der Waals surface area contributed by atoms with Gasteiger partial charge in [-0.2, -0.15) is 0 Å². The summed E-state index contributed by atoms with van der Waals surface area (Å²) in [6, 6.07) is 0. The molecule has 2 aliphatic rings. The molecule has 0 bridgehead atoms. The van der Waals surface area contributed by atoms with Gasteiger partial charge in [0.25, 0.3) is 0 Å². The summed E-state index contributed by atoms with van der Waals surface area (Å²) in [6.45, 7) is 1.75. The zero-order valence-electron chi connectivity index (χ0n) is 9.22. The monoisotopic (exact) mass is 224 g/mol. The van der Waals surface area contributed by atoms with Crippen LogP contribution in [0.15, 0.2) is 12.0 Å². The fourth-order valence-electron chi connectivity index (χ4n) is 2.14. The van der Waals surface area contributed by atoms with Crippen molar-refractivity contribution in [2.24, 2.45) is 5.92 Å². The molecule has 0 aromatic heterocycles. The van der Waals surface area contributed by atoms with E-state index in [1.807, 2.05) is 0 Å². The lowest BCUT2D eigenvalue weighted by atomic mass is 9.97. The van der Waals surface area contributed by atoms with Gasteiger partial charge < -0.3 is 5.32 Å². The highest BCUT2D eigenvalue weighted by molar-refractivity contribution is 6.01. The molecule has 0 aliphatic carbocycles. The van der Waals surface area contributed by atoms with Crippen molar-refractivity contribution < 1.29 is 4.39 Å². The molecule has 0 amide bonds. The van der Waals surface area contributed by atoms with Crippen LogP contribution in [0, 0.1) is 16.7 Å². The van der Waals surface area contributed by atoms with E-state index < -0.39 is 0 Å². The number of halogens is 1. The van der Waals surface area contributed by atoms with Crippen molar-refractivity contribution in [3.05, 3.63) is 12.0 Å². The van der Waals surface area contributed by atoms with Gasteiger partial charge in [0.05, 0.1) is 0 Å². The molecule has 88 valence electrons. The average molecular weight is 224 g/mol. The first kappa shape index (κ1) is 11.3. The molecule has 2 rings (SSSR count). The smallest absolute Gasteiger partial charge is 0.117 e. The number of rotatable bonds is 1. The summed E-state index contributed by atoms with van der Waals surface area (Å²) >= 11 is 0. The van der Waals surface area contributed by atoms with E-state index >= 15 is 0 Å². The lowest BCUT2D eigenvalue weighted by Crippen LogP contribution is -2.43. The highest BCUT2D eigenvalue weighted by atomic mass is 19.1. The maximum absolute atomic E-state index is 13.1. The molecule has 4 nitrogen and oxygen atoms in total. The Balaban J connectivity index is 2.07. The first-order valence-corrected chi connectivity index (χ1v) is 5.70. The second-order valence-electron chi connectivity index (χ2n) is 4.32. The van der Waals surface area contributed by atoms with Crippen LogP contribution in [0.2, 0.25) is 0 Å². The highest BCUT2D eigenvalue weighted by Gasteiger charge is 2.26. The molecule has 1 saturated heterocycles. The van der Waals surface area contributed by atoms with Gasteiger partial charge in [0.15, 0.2) is 0 Å². The van der Waals surface area contributed by atoms with Gasteiger partial charge in [0, 0.05) is 31.5 Å². The Hall–Kier alpha value is -1.23. The second-order valence-corrected chi connectivity index (χ2v) is 4.32. The van der Waals surface area contributed by atoms with E-state index in [1.54, 1.807) is 0 Å². The van der Waals surface area contributed by atoms with Gasteiger partial charge in [-0.15, -0.1) is 0 Å². The van der Waals surface area contributed by atoms with Crippen molar-refractivity contribution in [2.75, 3.05) is 13.1 Å². The molecule has 2 heterocycles. The van der Waals surface area contributed by atoms with E-state index in [4.69, 9.17) is 10.8 Å². The molecule has 16 heavy (non-hydrogen) atoms. The van der Waals surface area contributed by atoms with Gasteiger partial charge in [0.2, 0.25) is 0 Å². The predicted octanol–water partition coefficient (Wildman–Crippen LogP) is 1.85. The summed E-state index contributed by atoms with van der Waals surface area (Å²) in [5.41, 5.74) is 0. The molecule has 0 radical (unpaired) electrons. The van der Waals surface area contributed by atoms with E-state index in [9.17, 15) is 4.39 Å². The zero-order chi connectivity index (χ0) is 11.5. The third kappa shape index (κ3) is 2.29. The summed E-state index contributed by atoms with van der Waals surface area (Å²) in [4.78, 5) is 1.40. The van der Waals surface area contributed by atoms with E-state index in [1.165, 1.54) is 11.1 Å². The van der Waals surface area contributed by atoms with Gasteiger partial charge >= 0.3 is 0 Å². The van der Waals surface area contributed by atoms with Gasteiger partial charge in [-0.3, -0.25) is 15.7 Å². The Kier molecular flexibility index (Phi) is 3.33. The predicted molar refractivity (Wildman–Crippen MR) is 61.3 cm³/mol. The van der Waals surface area contributed by atoms with Gasteiger partial charge in [-0.25, -0.2) is 4.39 Å². The Morgan fingerprint density at radius 2 is 2.31 bits per heavy atom. The number of piperidine rings is 1. The van der Waals surface area contributed by atoms with Crippen molar-refractivity contribution in [3.63, 3.8) is 0 Å². The lowest BCUT2D eigenvalue weighted by molar-refractivity contribution is 0.433. The third-order valence-corrected chi connectivity index (χ3v) is 3.10. The summed E-state index contributed by atoms with van der Waals surface area (Å²) in [5.74, 6) is 0.560. The molecule has 0 saturated carbocycles. The summed E-state index contributed by atoms with van der Waals surface area (Å²) in [6.07, 6.45) is 3.98. The molecule has 2 aliphatic heterocycles. The largest absolute Gasteiger partial charge is 0.316 e. The summed E-state index contributed by atoms with van der Waals surface area (Å²) < 4.78 is 13.1. The minimum Gasteiger partial charge on any atom is -0.316 e. The van der Waals surface area contributed by atoms with Crippen LogP contribution >= 0.6 is 0 Å². The van der Waals surface area contributed by atoms with Crippen molar-refractivity contribution in [2.45, 2.75) is 25.7 Å². The number of nitrogens with one attached hydrogen (secondary N) is 3. The topological polar surface area (TPSA) is 63.0 Å². The normalized spacial score (nSPS) is 26.6. The van der Waals surface area contributed by atoms with Crippen LogP contribution in [0.4, 0.5) is 4.39 Å². The van der Waals surface area contributed by atoms with Gasteiger partial charge in [-0.1, -0.05) is 0 Å². The minimum absolute atomic E-state index is 0.108.